The smallest absolute Gasteiger partial charge is 0.314 e. The van der Waals surface area contributed by atoms with Gasteiger partial charge in [0, 0.05) is 0 Å². The maximum Gasteiger partial charge on any atom is 0.314 e. The number of rotatable bonds is 1. The molecule has 2 aliphatic rings. The molecular weight excluding hydrogens is 164 g/mol. The summed E-state index contributed by atoms with van der Waals surface area (Å²) in [7, 11) is 0. The van der Waals surface area contributed by atoms with Crippen LogP contribution < -0.4 is 0 Å². The van der Waals surface area contributed by atoms with Crippen LogP contribution in [0.5, 0.6) is 0 Å². The first-order valence-corrected chi connectivity index (χ1v) is 4.80. The second-order valence-electron chi connectivity index (χ2n) is 5.15. The molecule has 0 spiro atoms. The number of hydrogen-bond donors (Lipinski definition) is 1. The van der Waals surface area contributed by atoms with Gasteiger partial charge in [-0.2, -0.15) is 0 Å². The number of carbonyl (C=O) groups is 1. The van der Waals surface area contributed by atoms with Crippen molar-refractivity contribution in [1.29, 1.82) is 0 Å². The molecule has 0 aromatic heterocycles. The van der Waals surface area contributed by atoms with E-state index in [1.165, 1.54) is 0 Å². The summed E-state index contributed by atoms with van der Waals surface area (Å²) in [5.41, 5.74) is -0.640. The quantitative estimate of drug-likeness (QED) is 0.629. The molecule has 0 radical (unpaired) electrons. The number of hydrogen-bond acceptors (Lipinski definition) is 1. The van der Waals surface area contributed by atoms with Gasteiger partial charge in [0.05, 0.1) is 5.41 Å². The fourth-order valence-electron chi connectivity index (χ4n) is 2.95. The zero-order chi connectivity index (χ0) is 9.91. The maximum absolute atomic E-state index is 11.3. The van der Waals surface area contributed by atoms with Crippen LogP contribution >= 0.6 is 0 Å². The fourth-order valence-corrected chi connectivity index (χ4v) is 2.95. The Bertz CT molecular complexity index is 303. The maximum atomic E-state index is 11.3. The van der Waals surface area contributed by atoms with E-state index in [2.05, 4.69) is 26.8 Å². The molecule has 0 aromatic carbocycles. The summed E-state index contributed by atoms with van der Waals surface area (Å²) in [6.45, 7) is 6.32. The molecule has 2 unspecified atom stereocenters. The van der Waals surface area contributed by atoms with Crippen molar-refractivity contribution in [1.82, 2.24) is 0 Å². The first kappa shape index (κ1) is 8.79. The highest BCUT2D eigenvalue weighted by atomic mass is 16.4. The van der Waals surface area contributed by atoms with Gasteiger partial charge >= 0.3 is 5.97 Å². The molecule has 1 saturated carbocycles. The van der Waals surface area contributed by atoms with Gasteiger partial charge in [0.25, 0.3) is 0 Å². The molecule has 2 nitrogen and oxygen atoms in total. The second-order valence-corrected chi connectivity index (χ2v) is 5.15. The van der Waals surface area contributed by atoms with Gasteiger partial charge in [-0.1, -0.05) is 32.9 Å². The topological polar surface area (TPSA) is 37.3 Å². The Hall–Kier alpha value is -0.790. The molecule has 0 aromatic rings. The van der Waals surface area contributed by atoms with E-state index in [4.69, 9.17) is 0 Å². The first-order valence-electron chi connectivity index (χ1n) is 4.80. The van der Waals surface area contributed by atoms with E-state index in [0.717, 1.165) is 12.8 Å². The molecule has 2 rings (SSSR count). The predicted molar refractivity (Wildman–Crippen MR) is 50.3 cm³/mol. The van der Waals surface area contributed by atoms with Gasteiger partial charge in [0.1, 0.15) is 0 Å². The molecule has 0 aliphatic heterocycles. The number of carboxylic acid groups (broad SMARTS) is 1. The van der Waals surface area contributed by atoms with Gasteiger partial charge in [-0.25, -0.2) is 0 Å². The minimum atomic E-state index is -0.657. The summed E-state index contributed by atoms with van der Waals surface area (Å²) in [6.07, 6.45) is 5.81. The van der Waals surface area contributed by atoms with Crippen LogP contribution in [-0.4, -0.2) is 11.1 Å². The second kappa shape index (κ2) is 1.99. The Labute approximate surface area is 78.6 Å². The lowest BCUT2D eigenvalue weighted by Gasteiger charge is -2.38. The Kier molecular flexibility index (Phi) is 1.35. The summed E-state index contributed by atoms with van der Waals surface area (Å²) >= 11 is 0. The Balaban J connectivity index is 2.56. The highest BCUT2D eigenvalue weighted by Gasteiger charge is 2.65. The van der Waals surface area contributed by atoms with E-state index in [9.17, 15) is 9.90 Å². The normalized spacial score (nSPS) is 45.5. The molecule has 2 atom stereocenters. The minimum Gasteiger partial charge on any atom is -0.481 e. The largest absolute Gasteiger partial charge is 0.481 e. The SMILES string of the molecule is CC12C=CC(C(=O)O)(CC1)C2(C)C. The molecule has 1 N–H and O–H groups in total. The number of carboxylic acids is 1. The molecule has 72 valence electrons. The third-order valence-electron chi connectivity index (χ3n) is 4.70. The van der Waals surface area contributed by atoms with E-state index < -0.39 is 11.4 Å². The van der Waals surface area contributed by atoms with Crippen LogP contribution in [-0.2, 0) is 4.79 Å². The molecule has 2 aliphatic carbocycles. The molecular formula is C11H16O2. The minimum absolute atomic E-state index is 0.0887. The average Bonchev–Trinajstić information content (AvgIpc) is 2.34. The van der Waals surface area contributed by atoms with Crippen LogP contribution in [0.15, 0.2) is 12.2 Å². The summed E-state index contributed by atoms with van der Waals surface area (Å²) in [4.78, 5) is 11.3. The average molecular weight is 180 g/mol. The van der Waals surface area contributed by atoms with Gasteiger partial charge in [-0.05, 0) is 23.7 Å². The van der Waals surface area contributed by atoms with Gasteiger partial charge in [-0.15, -0.1) is 0 Å². The number of allylic oxidation sites excluding steroid dienone is 1. The summed E-state index contributed by atoms with van der Waals surface area (Å²) in [6, 6.07) is 0. The third-order valence-corrected chi connectivity index (χ3v) is 4.70. The monoisotopic (exact) mass is 180 g/mol. The van der Waals surface area contributed by atoms with E-state index in [0.29, 0.717) is 0 Å². The van der Waals surface area contributed by atoms with E-state index in [1.54, 1.807) is 0 Å². The molecule has 2 bridgehead atoms. The van der Waals surface area contributed by atoms with Crippen molar-refractivity contribution in [2.45, 2.75) is 33.6 Å². The zero-order valence-electron chi connectivity index (χ0n) is 8.42. The van der Waals surface area contributed by atoms with Crippen molar-refractivity contribution in [2.75, 3.05) is 0 Å². The summed E-state index contributed by atoms with van der Waals surface area (Å²) < 4.78 is 0. The van der Waals surface area contributed by atoms with Gasteiger partial charge in [-0.3, -0.25) is 4.79 Å². The van der Waals surface area contributed by atoms with Crippen LogP contribution in [0.3, 0.4) is 0 Å². The number of aliphatic carboxylic acids is 1. The van der Waals surface area contributed by atoms with E-state index >= 15 is 0 Å². The van der Waals surface area contributed by atoms with Crippen molar-refractivity contribution in [3.05, 3.63) is 12.2 Å². The Morgan fingerprint density at radius 2 is 1.85 bits per heavy atom. The molecule has 0 amide bonds. The zero-order valence-corrected chi connectivity index (χ0v) is 8.42. The van der Waals surface area contributed by atoms with Crippen molar-refractivity contribution >= 4 is 5.97 Å². The molecule has 2 heteroatoms. The molecule has 0 heterocycles. The van der Waals surface area contributed by atoms with Crippen LogP contribution in [0.25, 0.3) is 0 Å². The van der Waals surface area contributed by atoms with Crippen molar-refractivity contribution in [3.63, 3.8) is 0 Å². The lowest BCUT2D eigenvalue weighted by Crippen LogP contribution is -2.40. The van der Waals surface area contributed by atoms with E-state index in [1.807, 2.05) is 6.08 Å². The van der Waals surface area contributed by atoms with Crippen LogP contribution in [0.1, 0.15) is 33.6 Å². The van der Waals surface area contributed by atoms with Crippen molar-refractivity contribution < 1.29 is 9.90 Å². The molecule has 1 fully saturated rings. The standard InChI is InChI=1S/C11H16O2/c1-9(2)10(3)4-6-11(9,7-5-10)8(12)13/h4,6H,5,7H2,1-3H3,(H,12,13). The lowest BCUT2D eigenvalue weighted by atomic mass is 9.64. The first-order chi connectivity index (χ1) is 5.86. The van der Waals surface area contributed by atoms with Crippen molar-refractivity contribution in [2.24, 2.45) is 16.2 Å². The predicted octanol–water partition coefficient (Wildman–Crippen LogP) is 2.45. The molecule has 13 heavy (non-hydrogen) atoms. The highest BCUT2D eigenvalue weighted by Crippen LogP contribution is 2.68. The Morgan fingerprint density at radius 3 is 2.00 bits per heavy atom. The summed E-state index contributed by atoms with van der Waals surface area (Å²) in [5.74, 6) is -0.657. The fraction of sp³-hybridized carbons (Fsp3) is 0.727. The number of fused-ring (bicyclic) bond motifs is 2. The highest BCUT2D eigenvalue weighted by molar-refractivity contribution is 5.80. The van der Waals surface area contributed by atoms with Crippen LogP contribution in [0.4, 0.5) is 0 Å². The van der Waals surface area contributed by atoms with E-state index in [-0.39, 0.29) is 10.8 Å². The van der Waals surface area contributed by atoms with Gasteiger partial charge in [0.2, 0.25) is 0 Å². The molecule has 0 saturated heterocycles. The lowest BCUT2D eigenvalue weighted by molar-refractivity contribution is -0.151. The Morgan fingerprint density at radius 1 is 1.23 bits per heavy atom. The summed E-state index contributed by atoms with van der Waals surface area (Å²) in [5, 5.41) is 9.29. The van der Waals surface area contributed by atoms with Gasteiger partial charge < -0.3 is 5.11 Å². The van der Waals surface area contributed by atoms with Crippen LogP contribution in [0.2, 0.25) is 0 Å². The third kappa shape index (κ3) is 0.687. The van der Waals surface area contributed by atoms with Crippen molar-refractivity contribution in [3.8, 4) is 0 Å². The van der Waals surface area contributed by atoms with Crippen LogP contribution in [0, 0.1) is 16.2 Å². The van der Waals surface area contributed by atoms with Gasteiger partial charge in [0.15, 0.2) is 0 Å².